The summed E-state index contributed by atoms with van der Waals surface area (Å²) in [5, 5.41) is 0. The van der Waals surface area contributed by atoms with Crippen LogP contribution in [0.4, 0.5) is 4.39 Å². The number of oxazole rings is 1. The van der Waals surface area contributed by atoms with Gasteiger partial charge in [-0.05, 0) is 35.9 Å². The van der Waals surface area contributed by atoms with Crippen molar-refractivity contribution < 1.29 is 8.81 Å². The van der Waals surface area contributed by atoms with E-state index in [2.05, 4.69) is 36.8 Å². The van der Waals surface area contributed by atoms with Gasteiger partial charge in [-0.1, -0.05) is 44.0 Å². The van der Waals surface area contributed by atoms with Gasteiger partial charge in [0.2, 0.25) is 0 Å². The molecule has 2 aromatic carbocycles. The molecule has 1 atom stereocenters. The summed E-state index contributed by atoms with van der Waals surface area (Å²) in [6, 6.07) is 12.4. The predicted octanol–water partition coefficient (Wildman–Crippen LogP) is 5.41. The number of aromatic nitrogens is 1. The Kier molecular flexibility index (Phi) is 3.89. The van der Waals surface area contributed by atoms with Crippen molar-refractivity contribution in [1.82, 2.24) is 4.98 Å². The van der Waals surface area contributed by atoms with E-state index in [1.165, 1.54) is 12.1 Å². The molecular weight excluding hydrogens is 389 g/mol. The quantitative estimate of drug-likeness (QED) is 0.551. The lowest BCUT2D eigenvalue weighted by Crippen LogP contribution is -1.96. The molecule has 0 bridgehead atoms. The van der Waals surface area contributed by atoms with E-state index in [0.717, 1.165) is 21.1 Å². The Morgan fingerprint density at radius 1 is 1.20 bits per heavy atom. The Balaban J connectivity index is 1.86. The Bertz CT molecular complexity index is 703. The molecule has 0 radical (unpaired) electrons. The van der Waals surface area contributed by atoms with Gasteiger partial charge in [0.15, 0.2) is 11.5 Å². The molecule has 5 heteroatoms. The number of nitrogens with zero attached hydrogens (tertiary/aromatic N) is 1. The molecule has 0 aliphatic heterocycles. The van der Waals surface area contributed by atoms with E-state index in [-0.39, 0.29) is 10.6 Å². The minimum absolute atomic E-state index is 0.0532. The summed E-state index contributed by atoms with van der Waals surface area (Å²) in [5.41, 5.74) is 2.45. The third kappa shape index (κ3) is 2.94. The summed E-state index contributed by atoms with van der Waals surface area (Å²) >= 11 is 6.86. The van der Waals surface area contributed by atoms with Crippen LogP contribution in [-0.4, -0.2) is 4.98 Å². The monoisotopic (exact) mass is 397 g/mol. The van der Waals surface area contributed by atoms with Crippen molar-refractivity contribution in [2.75, 3.05) is 0 Å². The van der Waals surface area contributed by atoms with Crippen molar-refractivity contribution in [3.8, 4) is 0 Å². The van der Waals surface area contributed by atoms with Gasteiger partial charge in [-0.2, -0.15) is 0 Å². The highest BCUT2D eigenvalue weighted by Crippen LogP contribution is 2.30. The van der Waals surface area contributed by atoms with Crippen LogP contribution in [0.3, 0.4) is 0 Å². The van der Waals surface area contributed by atoms with Crippen molar-refractivity contribution in [1.29, 1.82) is 0 Å². The zero-order valence-corrected chi connectivity index (χ0v) is 13.5. The van der Waals surface area contributed by atoms with Gasteiger partial charge < -0.3 is 4.42 Å². The van der Waals surface area contributed by atoms with Crippen LogP contribution in [0.15, 0.2) is 51.4 Å². The van der Waals surface area contributed by atoms with E-state index in [9.17, 15) is 4.39 Å². The number of halogens is 3. The van der Waals surface area contributed by atoms with Gasteiger partial charge in [0.25, 0.3) is 0 Å². The molecule has 20 heavy (non-hydrogen) atoms. The molecule has 0 saturated carbocycles. The number of fused-ring (bicyclic) bond motifs is 1. The molecule has 102 valence electrons. The summed E-state index contributed by atoms with van der Waals surface area (Å²) < 4.78 is 19.8. The van der Waals surface area contributed by atoms with Crippen molar-refractivity contribution in [3.63, 3.8) is 0 Å². The molecule has 3 aromatic rings. The Labute approximate surface area is 132 Å². The third-order valence-electron chi connectivity index (χ3n) is 2.94. The van der Waals surface area contributed by atoms with Crippen molar-refractivity contribution in [2.24, 2.45) is 0 Å². The first-order valence-electron chi connectivity index (χ1n) is 6.06. The van der Waals surface area contributed by atoms with Crippen LogP contribution in [-0.2, 0) is 6.42 Å². The molecule has 3 rings (SSSR count). The van der Waals surface area contributed by atoms with Crippen LogP contribution in [0.25, 0.3) is 11.1 Å². The molecular formula is C15H10Br2FNO. The summed E-state index contributed by atoms with van der Waals surface area (Å²) in [6.45, 7) is 0. The van der Waals surface area contributed by atoms with E-state index in [4.69, 9.17) is 4.42 Å². The molecule has 0 aliphatic carbocycles. The van der Waals surface area contributed by atoms with Crippen LogP contribution in [0.2, 0.25) is 0 Å². The second kappa shape index (κ2) is 5.66. The predicted molar refractivity (Wildman–Crippen MR) is 83.5 cm³/mol. The van der Waals surface area contributed by atoms with E-state index in [0.29, 0.717) is 12.3 Å². The second-order valence-electron chi connectivity index (χ2n) is 4.45. The highest BCUT2D eigenvalue weighted by atomic mass is 79.9. The number of hydrogen-bond acceptors (Lipinski definition) is 2. The maximum Gasteiger partial charge on any atom is 0.196 e. The van der Waals surface area contributed by atoms with Gasteiger partial charge in [-0.3, -0.25) is 0 Å². The van der Waals surface area contributed by atoms with Crippen LogP contribution >= 0.6 is 31.9 Å². The van der Waals surface area contributed by atoms with Crippen LogP contribution in [0.5, 0.6) is 0 Å². The summed E-state index contributed by atoms with van der Waals surface area (Å²) in [5.74, 6) is 0.366. The normalized spacial score (nSPS) is 12.8. The molecule has 0 spiro atoms. The lowest BCUT2D eigenvalue weighted by Gasteiger charge is -2.08. The van der Waals surface area contributed by atoms with Crippen LogP contribution in [0.1, 0.15) is 16.3 Å². The van der Waals surface area contributed by atoms with E-state index in [1.54, 1.807) is 0 Å². The average Bonchev–Trinajstić information content (AvgIpc) is 2.79. The first-order valence-corrected chi connectivity index (χ1v) is 7.77. The van der Waals surface area contributed by atoms with E-state index in [1.807, 2.05) is 30.3 Å². The van der Waals surface area contributed by atoms with Gasteiger partial charge >= 0.3 is 0 Å². The Morgan fingerprint density at radius 2 is 2.00 bits per heavy atom. The minimum atomic E-state index is -0.267. The zero-order chi connectivity index (χ0) is 14.1. The number of benzene rings is 2. The zero-order valence-electron chi connectivity index (χ0n) is 10.3. The Morgan fingerprint density at radius 3 is 2.75 bits per heavy atom. The van der Waals surface area contributed by atoms with Gasteiger partial charge in [-0.15, -0.1) is 0 Å². The fourth-order valence-electron chi connectivity index (χ4n) is 2.03. The molecule has 0 amide bonds. The third-order valence-corrected chi connectivity index (χ3v) is 4.25. The summed E-state index contributed by atoms with van der Waals surface area (Å²) in [7, 11) is 0. The van der Waals surface area contributed by atoms with Gasteiger partial charge in [-0.25, -0.2) is 9.37 Å². The molecule has 0 saturated heterocycles. The molecule has 0 N–H and O–H groups in total. The molecule has 1 aromatic heterocycles. The first kappa shape index (κ1) is 13.8. The molecule has 2 nitrogen and oxygen atoms in total. The van der Waals surface area contributed by atoms with Gasteiger partial charge in [0, 0.05) is 15.7 Å². The molecule has 1 heterocycles. The summed E-state index contributed by atoms with van der Waals surface area (Å²) in [6.07, 6.45) is 0.560. The fraction of sp³-hybridized carbons (Fsp3) is 0.133. The fourth-order valence-corrected chi connectivity index (χ4v) is 3.06. The maximum atomic E-state index is 13.4. The Hall–Kier alpha value is -1.20. The number of rotatable bonds is 3. The molecule has 0 aliphatic rings. The number of alkyl halides is 1. The number of hydrogen-bond donors (Lipinski definition) is 0. The largest absolute Gasteiger partial charge is 0.441 e. The number of para-hydroxylation sites is 2. The van der Waals surface area contributed by atoms with E-state index >= 15 is 0 Å². The average molecular weight is 399 g/mol. The SMILES string of the molecule is Fc1cc(Br)cc(C(Br)Cc2nc3ccccc3o2)c1. The van der Waals surface area contributed by atoms with Crippen LogP contribution in [0, 0.1) is 5.82 Å². The van der Waals surface area contributed by atoms with Gasteiger partial charge in [0.1, 0.15) is 11.3 Å². The van der Waals surface area contributed by atoms with Crippen molar-refractivity contribution >= 4 is 43.0 Å². The topological polar surface area (TPSA) is 26.0 Å². The molecule has 1 unspecified atom stereocenters. The smallest absolute Gasteiger partial charge is 0.196 e. The second-order valence-corrected chi connectivity index (χ2v) is 6.47. The standard InChI is InChI=1S/C15H10Br2FNO/c16-10-5-9(6-11(18)7-10)12(17)8-15-19-13-3-1-2-4-14(13)20-15/h1-7,12H,8H2. The molecule has 0 fully saturated rings. The first-order chi connectivity index (χ1) is 9.61. The maximum absolute atomic E-state index is 13.4. The van der Waals surface area contributed by atoms with Crippen molar-refractivity contribution in [3.05, 3.63) is 64.2 Å². The van der Waals surface area contributed by atoms with Crippen molar-refractivity contribution in [2.45, 2.75) is 11.2 Å². The van der Waals surface area contributed by atoms with E-state index < -0.39 is 0 Å². The summed E-state index contributed by atoms with van der Waals surface area (Å²) in [4.78, 5) is 4.37. The highest BCUT2D eigenvalue weighted by Gasteiger charge is 2.14. The lowest BCUT2D eigenvalue weighted by molar-refractivity contribution is 0.527. The highest BCUT2D eigenvalue weighted by molar-refractivity contribution is 9.10. The minimum Gasteiger partial charge on any atom is -0.441 e. The van der Waals surface area contributed by atoms with Crippen LogP contribution < -0.4 is 0 Å². The van der Waals surface area contributed by atoms with Gasteiger partial charge in [0.05, 0.1) is 0 Å². The lowest BCUT2D eigenvalue weighted by atomic mass is 10.1.